The first kappa shape index (κ1) is 15.0. The van der Waals surface area contributed by atoms with Crippen molar-refractivity contribution in [1.29, 1.82) is 5.26 Å². The first-order valence-electron chi connectivity index (χ1n) is 5.93. The van der Waals surface area contributed by atoms with Crippen LogP contribution in [0.5, 0.6) is 5.75 Å². The van der Waals surface area contributed by atoms with E-state index < -0.39 is 0 Å². The Labute approximate surface area is 117 Å². The number of ether oxygens (including phenoxy) is 1. The Morgan fingerprint density at radius 3 is 2.72 bits per heavy atom. The number of halogens is 1. The van der Waals surface area contributed by atoms with Crippen molar-refractivity contribution in [2.45, 2.75) is 20.3 Å². The van der Waals surface area contributed by atoms with Gasteiger partial charge < -0.3 is 10.1 Å². The summed E-state index contributed by atoms with van der Waals surface area (Å²) in [6.07, 6.45) is 0.935. The highest BCUT2D eigenvalue weighted by molar-refractivity contribution is 9.10. The molecule has 0 saturated carbocycles. The molecule has 0 radical (unpaired) electrons. The lowest BCUT2D eigenvalue weighted by atomic mass is 9.96. The Hall–Kier alpha value is -1.05. The molecule has 18 heavy (non-hydrogen) atoms. The molecule has 0 fully saturated rings. The van der Waals surface area contributed by atoms with E-state index in [1.807, 2.05) is 19.9 Å². The van der Waals surface area contributed by atoms with Crippen molar-refractivity contribution in [3.05, 3.63) is 28.2 Å². The summed E-state index contributed by atoms with van der Waals surface area (Å²) < 4.78 is 6.16. The molecule has 0 heterocycles. The summed E-state index contributed by atoms with van der Waals surface area (Å²) in [4.78, 5) is 0. The van der Waals surface area contributed by atoms with E-state index in [0.29, 0.717) is 6.54 Å². The molecule has 0 atom stereocenters. The van der Waals surface area contributed by atoms with Gasteiger partial charge in [0.2, 0.25) is 0 Å². The number of nitrogens with one attached hydrogen (secondary N) is 1. The summed E-state index contributed by atoms with van der Waals surface area (Å²) in [5, 5.41) is 12.2. The summed E-state index contributed by atoms with van der Waals surface area (Å²) in [5.41, 5.74) is 0.936. The predicted molar refractivity (Wildman–Crippen MR) is 76.7 cm³/mol. The van der Waals surface area contributed by atoms with Crippen LogP contribution in [0.4, 0.5) is 0 Å². The van der Waals surface area contributed by atoms with E-state index >= 15 is 0 Å². The zero-order valence-corrected chi connectivity index (χ0v) is 12.7. The molecule has 0 unspecified atom stereocenters. The fraction of sp³-hybridized carbons (Fsp3) is 0.500. The van der Waals surface area contributed by atoms with Crippen molar-refractivity contribution < 1.29 is 4.74 Å². The third-order valence-electron chi connectivity index (χ3n) is 2.68. The molecule has 0 bridgehead atoms. The molecule has 1 aromatic rings. The number of hydrogen-bond donors (Lipinski definition) is 1. The average molecular weight is 311 g/mol. The van der Waals surface area contributed by atoms with Gasteiger partial charge in [-0.05, 0) is 60.4 Å². The molecular formula is C14H19BrN2O. The third kappa shape index (κ3) is 4.67. The van der Waals surface area contributed by atoms with Gasteiger partial charge in [-0.1, -0.05) is 6.07 Å². The molecule has 0 saturated heterocycles. The van der Waals surface area contributed by atoms with E-state index in [1.54, 1.807) is 7.11 Å². The van der Waals surface area contributed by atoms with Crippen LogP contribution in [0.2, 0.25) is 0 Å². The number of hydrogen-bond acceptors (Lipinski definition) is 3. The van der Waals surface area contributed by atoms with Crippen LogP contribution in [-0.4, -0.2) is 20.2 Å². The van der Waals surface area contributed by atoms with Gasteiger partial charge in [-0.15, -0.1) is 0 Å². The van der Waals surface area contributed by atoms with Crippen LogP contribution in [-0.2, 0) is 6.42 Å². The van der Waals surface area contributed by atoms with Gasteiger partial charge in [0.25, 0.3) is 0 Å². The first-order chi connectivity index (χ1) is 8.48. The Balaban J connectivity index is 2.41. The molecule has 3 nitrogen and oxygen atoms in total. The molecule has 0 amide bonds. The Bertz CT molecular complexity index is 438. The van der Waals surface area contributed by atoms with E-state index in [4.69, 9.17) is 10.00 Å². The minimum absolute atomic E-state index is 0.305. The van der Waals surface area contributed by atoms with Crippen molar-refractivity contribution in [3.8, 4) is 11.8 Å². The van der Waals surface area contributed by atoms with Crippen molar-refractivity contribution in [1.82, 2.24) is 5.32 Å². The molecule has 0 spiro atoms. The molecule has 0 aliphatic heterocycles. The summed E-state index contributed by atoms with van der Waals surface area (Å²) >= 11 is 3.47. The normalized spacial score (nSPS) is 11.1. The van der Waals surface area contributed by atoms with Gasteiger partial charge >= 0.3 is 0 Å². The van der Waals surface area contributed by atoms with Crippen LogP contribution < -0.4 is 10.1 Å². The van der Waals surface area contributed by atoms with Gasteiger partial charge in [-0.3, -0.25) is 0 Å². The standard InChI is InChI=1S/C14H19BrN2O/c1-14(2,9-16)10-17-7-6-11-4-5-13(18-3)12(15)8-11/h4-5,8,17H,6-7,10H2,1-3H3. The highest BCUT2D eigenvalue weighted by Crippen LogP contribution is 2.25. The lowest BCUT2D eigenvalue weighted by molar-refractivity contribution is 0.412. The van der Waals surface area contributed by atoms with Gasteiger partial charge in [0.15, 0.2) is 0 Å². The van der Waals surface area contributed by atoms with E-state index in [1.165, 1.54) is 5.56 Å². The Morgan fingerprint density at radius 2 is 2.17 bits per heavy atom. The largest absolute Gasteiger partial charge is 0.496 e. The number of methoxy groups -OCH3 is 1. The summed E-state index contributed by atoms with van der Waals surface area (Å²) in [6, 6.07) is 8.36. The van der Waals surface area contributed by atoms with Crippen LogP contribution in [0, 0.1) is 16.7 Å². The zero-order chi connectivity index (χ0) is 13.6. The highest BCUT2D eigenvalue weighted by Gasteiger charge is 2.15. The van der Waals surface area contributed by atoms with Crippen LogP contribution >= 0.6 is 15.9 Å². The molecule has 0 aliphatic rings. The summed E-state index contributed by atoms with van der Waals surface area (Å²) in [6.45, 7) is 5.44. The lowest BCUT2D eigenvalue weighted by Gasteiger charge is -2.15. The SMILES string of the molecule is COc1ccc(CCNCC(C)(C)C#N)cc1Br. The van der Waals surface area contributed by atoms with E-state index in [-0.39, 0.29) is 5.41 Å². The van der Waals surface area contributed by atoms with Crippen molar-refractivity contribution in [3.63, 3.8) is 0 Å². The monoisotopic (exact) mass is 310 g/mol. The minimum Gasteiger partial charge on any atom is -0.496 e. The highest BCUT2D eigenvalue weighted by atomic mass is 79.9. The number of benzene rings is 1. The van der Waals surface area contributed by atoms with Gasteiger partial charge in [0, 0.05) is 6.54 Å². The van der Waals surface area contributed by atoms with Crippen LogP contribution in [0.1, 0.15) is 19.4 Å². The van der Waals surface area contributed by atoms with Crippen molar-refractivity contribution in [2.24, 2.45) is 5.41 Å². The van der Waals surface area contributed by atoms with Crippen molar-refractivity contribution in [2.75, 3.05) is 20.2 Å². The van der Waals surface area contributed by atoms with E-state index in [0.717, 1.165) is 23.2 Å². The number of rotatable bonds is 6. The quantitative estimate of drug-likeness (QED) is 0.821. The lowest BCUT2D eigenvalue weighted by Crippen LogP contribution is -2.29. The maximum Gasteiger partial charge on any atom is 0.133 e. The number of nitrogens with zero attached hydrogens (tertiary/aromatic N) is 1. The second-order valence-electron chi connectivity index (χ2n) is 4.89. The molecule has 0 aromatic heterocycles. The van der Waals surface area contributed by atoms with E-state index in [2.05, 4.69) is 39.4 Å². The summed E-state index contributed by atoms with van der Waals surface area (Å²) in [5.74, 6) is 0.845. The fourth-order valence-electron chi connectivity index (χ4n) is 1.54. The maximum absolute atomic E-state index is 8.89. The second kappa shape index (κ2) is 6.77. The van der Waals surface area contributed by atoms with Gasteiger partial charge in [0.05, 0.1) is 23.1 Å². The molecule has 1 rings (SSSR count). The minimum atomic E-state index is -0.305. The first-order valence-corrected chi connectivity index (χ1v) is 6.72. The topological polar surface area (TPSA) is 45.0 Å². The van der Waals surface area contributed by atoms with Gasteiger partial charge in [-0.25, -0.2) is 0 Å². The smallest absolute Gasteiger partial charge is 0.133 e. The van der Waals surface area contributed by atoms with Crippen LogP contribution in [0.3, 0.4) is 0 Å². The molecule has 4 heteroatoms. The zero-order valence-electron chi connectivity index (χ0n) is 11.1. The Kier molecular flexibility index (Phi) is 5.64. The van der Waals surface area contributed by atoms with Crippen molar-refractivity contribution >= 4 is 15.9 Å². The molecular weight excluding hydrogens is 292 g/mol. The molecule has 1 aromatic carbocycles. The molecule has 98 valence electrons. The van der Waals surface area contributed by atoms with E-state index in [9.17, 15) is 0 Å². The molecule has 1 N–H and O–H groups in total. The molecule has 0 aliphatic carbocycles. The number of nitriles is 1. The van der Waals surface area contributed by atoms with Gasteiger partial charge in [-0.2, -0.15) is 5.26 Å². The van der Waals surface area contributed by atoms with Crippen LogP contribution in [0.25, 0.3) is 0 Å². The summed E-state index contributed by atoms with van der Waals surface area (Å²) in [7, 11) is 1.66. The fourth-order valence-corrected chi connectivity index (χ4v) is 2.13. The average Bonchev–Trinajstić information content (AvgIpc) is 2.35. The predicted octanol–water partition coefficient (Wildman–Crippen LogP) is 3.14. The Morgan fingerprint density at radius 1 is 1.44 bits per heavy atom. The maximum atomic E-state index is 8.89. The third-order valence-corrected chi connectivity index (χ3v) is 3.30. The second-order valence-corrected chi connectivity index (χ2v) is 5.75. The van der Waals surface area contributed by atoms with Gasteiger partial charge in [0.1, 0.15) is 5.75 Å². The van der Waals surface area contributed by atoms with Crippen LogP contribution in [0.15, 0.2) is 22.7 Å².